The van der Waals surface area contributed by atoms with E-state index in [1.807, 2.05) is 24.4 Å². The summed E-state index contributed by atoms with van der Waals surface area (Å²) in [5, 5.41) is 16.5. The molecule has 1 unspecified atom stereocenters. The molecular weight excluding hydrogens is 286 g/mol. The molecule has 0 saturated carbocycles. The summed E-state index contributed by atoms with van der Waals surface area (Å²) in [5.41, 5.74) is 6.98. The van der Waals surface area contributed by atoms with Crippen molar-refractivity contribution in [2.24, 2.45) is 10.9 Å². The van der Waals surface area contributed by atoms with E-state index in [2.05, 4.69) is 10.5 Å². The molecule has 2 aromatic rings. The maximum absolute atomic E-state index is 12.0. The van der Waals surface area contributed by atoms with Gasteiger partial charge in [0, 0.05) is 10.4 Å². The second-order valence-electron chi connectivity index (χ2n) is 4.66. The third-order valence-corrected chi connectivity index (χ3v) is 4.12. The Balaban J connectivity index is 1.93. The number of benzene rings is 1. The molecule has 0 spiro atoms. The van der Waals surface area contributed by atoms with Gasteiger partial charge in [0.05, 0.1) is 12.5 Å². The van der Waals surface area contributed by atoms with Crippen molar-refractivity contribution in [2.45, 2.75) is 19.4 Å². The first kappa shape index (κ1) is 15.1. The fraction of sp³-hybridized carbons (Fsp3) is 0.200. The number of nitrogens with zero attached hydrogens (tertiary/aromatic N) is 1. The number of oxime groups is 1. The minimum atomic E-state index is -0.0348. The molecule has 0 saturated heterocycles. The van der Waals surface area contributed by atoms with Crippen LogP contribution in [0, 0.1) is 0 Å². The van der Waals surface area contributed by atoms with E-state index in [1.54, 1.807) is 35.6 Å². The predicted molar refractivity (Wildman–Crippen MR) is 83.5 cm³/mol. The number of carbonyl (C=O) groups excluding carboxylic acids is 1. The number of hydrogen-bond acceptors (Lipinski definition) is 4. The van der Waals surface area contributed by atoms with Crippen LogP contribution in [0.2, 0.25) is 0 Å². The van der Waals surface area contributed by atoms with Gasteiger partial charge in [-0.15, -0.1) is 11.3 Å². The van der Waals surface area contributed by atoms with E-state index in [9.17, 15) is 4.79 Å². The summed E-state index contributed by atoms with van der Waals surface area (Å²) in [6.07, 6.45) is 0.298. The number of hydrogen-bond donors (Lipinski definition) is 3. The first-order valence-corrected chi connectivity index (χ1v) is 7.37. The molecule has 1 heterocycles. The van der Waals surface area contributed by atoms with Gasteiger partial charge in [-0.05, 0) is 23.9 Å². The molecule has 0 aliphatic carbocycles. The van der Waals surface area contributed by atoms with Crippen LogP contribution in [0.4, 0.5) is 0 Å². The van der Waals surface area contributed by atoms with Gasteiger partial charge >= 0.3 is 0 Å². The van der Waals surface area contributed by atoms with Crippen molar-refractivity contribution >= 4 is 23.1 Å². The van der Waals surface area contributed by atoms with Crippen molar-refractivity contribution < 1.29 is 10.0 Å². The molecule has 0 bridgehead atoms. The van der Waals surface area contributed by atoms with E-state index in [4.69, 9.17) is 10.9 Å². The number of rotatable bonds is 5. The van der Waals surface area contributed by atoms with Gasteiger partial charge in [0.2, 0.25) is 5.91 Å². The van der Waals surface area contributed by atoms with Crippen molar-refractivity contribution in [2.75, 3.05) is 0 Å². The van der Waals surface area contributed by atoms with E-state index >= 15 is 0 Å². The van der Waals surface area contributed by atoms with Crippen LogP contribution >= 0.6 is 11.3 Å². The molecule has 1 aromatic heterocycles. The summed E-state index contributed by atoms with van der Waals surface area (Å²) < 4.78 is 0. The normalized spacial score (nSPS) is 12.9. The number of carbonyl (C=O) groups is 1. The number of amides is 1. The SMILES string of the molecule is CC(NC(=O)Cc1ccc(C(N)=NO)cc1)c1cccs1. The maximum Gasteiger partial charge on any atom is 0.224 e. The first-order chi connectivity index (χ1) is 10.1. The summed E-state index contributed by atoms with van der Waals surface area (Å²) in [4.78, 5) is 13.1. The van der Waals surface area contributed by atoms with E-state index < -0.39 is 0 Å². The van der Waals surface area contributed by atoms with Gasteiger partial charge in [0.15, 0.2) is 5.84 Å². The van der Waals surface area contributed by atoms with Gasteiger partial charge in [-0.1, -0.05) is 35.5 Å². The van der Waals surface area contributed by atoms with Crippen molar-refractivity contribution in [3.63, 3.8) is 0 Å². The summed E-state index contributed by atoms with van der Waals surface area (Å²) in [5.74, 6) is 0.0183. The lowest BCUT2D eigenvalue weighted by Gasteiger charge is -2.12. The minimum absolute atomic E-state index is 0.00828. The van der Waals surface area contributed by atoms with Gasteiger partial charge in [0.1, 0.15) is 0 Å². The summed E-state index contributed by atoms with van der Waals surface area (Å²) in [6, 6.07) is 11.0. The van der Waals surface area contributed by atoms with E-state index in [0.717, 1.165) is 10.4 Å². The van der Waals surface area contributed by atoms with Crippen molar-refractivity contribution in [1.82, 2.24) is 5.32 Å². The fourth-order valence-corrected chi connectivity index (χ4v) is 2.67. The molecule has 110 valence electrons. The van der Waals surface area contributed by atoms with Crippen LogP contribution in [0.15, 0.2) is 46.9 Å². The lowest BCUT2D eigenvalue weighted by Crippen LogP contribution is -2.27. The van der Waals surface area contributed by atoms with Crippen LogP contribution in [0.5, 0.6) is 0 Å². The molecule has 0 aliphatic heterocycles. The second-order valence-corrected chi connectivity index (χ2v) is 5.64. The Morgan fingerprint density at radius 1 is 1.38 bits per heavy atom. The zero-order valence-electron chi connectivity index (χ0n) is 11.6. The molecule has 1 atom stereocenters. The molecule has 4 N–H and O–H groups in total. The Labute approximate surface area is 127 Å². The first-order valence-electron chi connectivity index (χ1n) is 6.49. The lowest BCUT2D eigenvalue weighted by atomic mass is 10.1. The third-order valence-electron chi connectivity index (χ3n) is 3.07. The molecule has 6 heteroatoms. The average molecular weight is 303 g/mol. The van der Waals surface area contributed by atoms with Gasteiger partial charge in [-0.2, -0.15) is 0 Å². The molecule has 5 nitrogen and oxygen atoms in total. The standard InChI is InChI=1S/C15H17N3O2S/c1-10(13-3-2-8-21-13)17-14(19)9-11-4-6-12(7-5-11)15(16)18-20/h2-8,10,20H,9H2,1H3,(H2,16,18)(H,17,19). The van der Waals surface area contributed by atoms with Gasteiger partial charge < -0.3 is 16.3 Å². The minimum Gasteiger partial charge on any atom is -0.409 e. The molecular formula is C15H17N3O2S. The highest BCUT2D eigenvalue weighted by molar-refractivity contribution is 7.10. The zero-order valence-corrected chi connectivity index (χ0v) is 12.4. The number of nitrogens with two attached hydrogens (primary N) is 1. The van der Waals surface area contributed by atoms with Crippen LogP contribution in [0.1, 0.15) is 29.0 Å². The van der Waals surface area contributed by atoms with E-state index in [-0.39, 0.29) is 17.8 Å². The van der Waals surface area contributed by atoms with Crippen LogP contribution < -0.4 is 11.1 Å². The molecule has 0 fully saturated rings. The highest BCUT2D eigenvalue weighted by Gasteiger charge is 2.11. The predicted octanol–water partition coefficient (Wildman–Crippen LogP) is 2.26. The van der Waals surface area contributed by atoms with Crippen LogP contribution in [-0.2, 0) is 11.2 Å². The van der Waals surface area contributed by atoms with Gasteiger partial charge in [0.25, 0.3) is 0 Å². The quantitative estimate of drug-likeness (QED) is 0.343. The zero-order chi connectivity index (χ0) is 15.2. The van der Waals surface area contributed by atoms with Gasteiger partial charge in [-0.25, -0.2) is 0 Å². The fourth-order valence-electron chi connectivity index (χ4n) is 1.94. The Kier molecular flexibility index (Phi) is 4.94. The topological polar surface area (TPSA) is 87.7 Å². The highest BCUT2D eigenvalue weighted by atomic mass is 32.1. The average Bonchev–Trinajstić information content (AvgIpc) is 3.01. The number of amidine groups is 1. The monoisotopic (exact) mass is 303 g/mol. The van der Waals surface area contributed by atoms with Crippen LogP contribution in [0.25, 0.3) is 0 Å². The smallest absolute Gasteiger partial charge is 0.224 e. The van der Waals surface area contributed by atoms with E-state index in [1.165, 1.54) is 0 Å². The highest BCUT2D eigenvalue weighted by Crippen LogP contribution is 2.18. The largest absolute Gasteiger partial charge is 0.409 e. The Morgan fingerprint density at radius 2 is 2.10 bits per heavy atom. The van der Waals surface area contributed by atoms with Crippen molar-refractivity contribution in [3.05, 3.63) is 57.8 Å². The number of nitrogens with one attached hydrogen (secondary N) is 1. The van der Waals surface area contributed by atoms with E-state index in [0.29, 0.717) is 12.0 Å². The maximum atomic E-state index is 12.0. The Morgan fingerprint density at radius 3 is 2.67 bits per heavy atom. The second kappa shape index (κ2) is 6.90. The number of thiophene rings is 1. The van der Waals surface area contributed by atoms with Gasteiger partial charge in [-0.3, -0.25) is 4.79 Å². The molecule has 0 radical (unpaired) electrons. The Bertz CT molecular complexity index is 621. The molecule has 21 heavy (non-hydrogen) atoms. The molecule has 1 aromatic carbocycles. The lowest BCUT2D eigenvalue weighted by molar-refractivity contribution is -0.121. The molecule has 1 amide bonds. The third kappa shape index (κ3) is 4.06. The summed E-state index contributed by atoms with van der Waals surface area (Å²) in [7, 11) is 0. The summed E-state index contributed by atoms with van der Waals surface area (Å²) >= 11 is 1.62. The van der Waals surface area contributed by atoms with Crippen molar-refractivity contribution in [1.29, 1.82) is 0 Å². The van der Waals surface area contributed by atoms with Crippen LogP contribution in [-0.4, -0.2) is 17.0 Å². The van der Waals surface area contributed by atoms with Crippen LogP contribution in [0.3, 0.4) is 0 Å². The molecule has 0 aliphatic rings. The van der Waals surface area contributed by atoms with Crippen molar-refractivity contribution in [3.8, 4) is 0 Å². The summed E-state index contributed by atoms with van der Waals surface area (Å²) in [6.45, 7) is 1.96. The Hall–Kier alpha value is -2.34. The molecule has 2 rings (SSSR count).